The van der Waals surface area contributed by atoms with E-state index in [9.17, 15) is 0 Å². The molecule has 1 unspecified atom stereocenters. The zero-order valence-electron chi connectivity index (χ0n) is 13.2. The maximum absolute atomic E-state index is 4.83. The molecule has 1 N–H and O–H groups in total. The Bertz CT molecular complexity index is 590. The minimum Gasteiger partial charge on any atom is -0.357 e. The quantitative estimate of drug-likeness (QED) is 0.886. The molecule has 3 heterocycles. The van der Waals surface area contributed by atoms with E-state index in [-0.39, 0.29) is 0 Å². The Morgan fingerprint density at radius 1 is 1.52 bits per heavy atom. The fourth-order valence-corrected chi connectivity index (χ4v) is 4.11. The number of rotatable bonds is 6. The van der Waals surface area contributed by atoms with Gasteiger partial charge in [0, 0.05) is 37.8 Å². The summed E-state index contributed by atoms with van der Waals surface area (Å²) in [4.78, 5) is 10.8. The lowest BCUT2D eigenvalue weighted by Gasteiger charge is -2.28. The predicted octanol–water partition coefficient (Wildman–Crippen LogP) is 2.04. The molecule has 0 amide bonds. The van der Waals surface area contributed by atoms with Crippen LogP contribution < -0.4 is 10.2 Å². The van der Waals surface area contributed by atoms with E-state index >= 15 is 0 Å². The Labute approximate surface area is 130 Å². The maximum atomic E-state index is 4.83. The van der Waals surface area contributed by atoms with Crippen LogP contribution in [0.5, 0.6) is 0 Å². The molecule has 0 saturated carbocycles. The fourth-order valence-electron chi connectivity index (χ4n) is 3.38. The maximum Gasteiger partial charge on any atom is 0.195 e. The van der Waals surface area contributed by atoms with Crippen molar-refractivity contribution in [3.05, 3.63) is 17.3 Å². The molecule has 6 heteroatoms. The molecule has 116 valence electrons. The van der Waals surface area contributed by atoms with Crippen LogP contribution in [0.2, 0.25) is 0 Å². The van der Waals surface area contributed by atoms with E-state index in [1.165, 1.54) is 25.1 Å². The van der Waals surface area contributed by atoms with Gasteiger partial charge in [-0.05, 0) is 33.0 Å². The van der Waals surface area contributed by atoms with Crippen molar-refractivity contribution < 1.29 is 0 Å². The van der Waals surface area contributed by atoms with Gasteiger partial charge in [0.2, 0.25) is 0 Å². The molecule has 3 rings (SSSR count). The zero-order chi connectivity index (χ0) is 14.8. The molecule has 0 aromatic carbocycles. The summed E-state index contributed by atoms with van der Waals surface area (Å²) in [6.45, 7) is 6.57. The van der Waals surface area contributed by atoms with Crippen LogP contribution in [0.4, 0.5) is 5.82 Å². The van der Waals surface area contributed by atoms with Crippen molar-refractivity contribution in [1.29, 1.82) is 0 Å². The monoisotopic (exact) mass is 307 g/mol. The molecule has 5 nitrogen and oxygen atoms in total. The smallest absolute Gasteiger partial charge is 0.195 e. The van der Waals surface area contributed by atoms with Crippen molar-refractivity contribution in [3.63, 3.8) is 0 Å². The topological polar surface area (TPSA) is 35.8 Å². The lowest BCUT2D eigenvalue weighted by molar-refractivity contribution is 0.270. The number of nitrogens with one attached hydrogen (secondary N) is 1. The molecular weight excluding hydrogens is 282 g/mol. The van der Waals surface area contributed by atoms with Gasteiger partial charge in [0.05, 0.1) is 5.69 Å². The molecule has 1 fully saturated rings. The molecule has 1 aliphatic rings. The Morgan fingerprint density at radius 2 is 2.38 bits per heavy atom. The fraction of sp³-hybridized carbons (Fsp3) is 0.667. The molecule has 0 aliphatic carbocycles. The highest BCUT2D eigenvalue weighted by atomic mass is 32.1. The van der Waals surface area contributed by atoms with Crippen LogP contribution in [0, 0.1) is 0 Å². The number of hydrogen-bond acceptors (Lipinski definition) is 5. The van der Waals surface area contributed by atoms with Crippen molar-refractivity contribution in [3.8, 4) is 0 Å². The van der Waals surface area contributed by atoms with Gasteiger partial charge >= 0.3 is 0 Å². The summed E-state index contributed by atoms with van der Waals surface area (Å²) in [5.74, 6) is 1.12. The van der Waals surface area contributed by atoms with Crippen molar-refractivity contribution in [1.82, 2.24) is 19.6 Å². The average Bonchev–Trinajstić information content (AvgIpc) is 3.15. The van der Waals surface area contributed by atoms with Crippen molar-refractivity contribution in [2.24, 2.45) is 0 Å². The van der Waals surface area contributed by atoms with Gasteiger partial charge in [0.1, 0.15) is 0 Å². The highest BCUT2D eigenvalue weighted by Crippen LogP contribution is 2.26. The number of anilines is 1. The van der Waals surface area contributed by atoms with E-state index in [1.54, 1.807) is 11.3 Å². The van der Waals surface area contributed by atoms with Gasteiger partial charge in [-0.3, -0.25) is 9.30 Å². The van der Waals surface area contributed by atoms with Crippen LogP contribution in [-0.2, 0) is 6.54 Å². The van der Waals surface area contributed by atoms with E-state index in [2.05, 4.69) is 45.1 Å². The molecule has 21 heavy (non-hydrogen) atoms. The minimum absolute atomic E-state index is 0.669. The van der Waals surface area contributed by atoms with E-state index < -0.39 is 0 Å². The second-order valence-corrected chi connectivity index (χ2v) is 6.65. The summed E-state index contributed by atoms with van der Waals surface area (Å²) in [6, 6.07) is 0.669. The number of fused-ring (bicyclic) bond motifs is 1. The molecule has 1 atom stereocenters. The standard InChI is InChI=1S/C15H25N5S/c1-4-19-7-5-6-12(19)11-18(3)14-13(10-16-2)20-8-9-21-15(20)17-14/h8-9,12,16H,4-7,10-11H2,1-3H3. The average molecular weight is 307 g/mol. The SMILES string of the molecule is CCN1CCCC1CN(C)c1nc2sccn2c1CNC. The molecule has 0 spiro atoms. The molecule has 0 bridgehead atoms. The first-order valence-corrected chi connectivity index (χ1v) is 8.66. The number of likely N-dealkylation sites (tertiary alicyclic amines) is 1. The van der Waals surface area contributed by atoms with Gasteiger partial charge in [-0.1, -0.05) is 6.92 Å². The zero-order valence-corrected chi connectivity index (χ0v) is 14.0. The van der Waals surface area contributed by atoms with Gasteiger partial charge in [-0.25, -0.2) is 4.98 Å². The number of nitrogens with zero attached hydrogens (tertiary/aromatic N) is 4. The first kappa shape index (κ1) is 14.8. The molecule has 2 aromatic rings. The molecular formula is C15H25N5S. The van der Waals surface area contributed by atoms with Crippen molar-refractivity contribution in [2.45, 2.75) is 32.4 Å². The number of thiazole rings is 1. The predicted molar refractivity (Wildman–Crippen MR) is 89.4 cm³/mol. The van der Waals surface area contributed by atoms with E-state index in [4.69, 9.17) is 4.98 Å². The first-order chi connectivity index (χ1) is 10.2. The van der Waals surface area contributed by atoms with Crippen LogP contribution >= 0.6 is 11.3 Å². The third-order valence-electron chi connectivity index (χ3n) is 4.44. The Balaban J connectivity index is 1.81. The van der Waals surface area contributed by atoms with E-state index in [0.29, 0.717) is 6.04 Å². The van der Waals surface area contributed by atoms with Crippen LogP contribution in [0.15, 0.2) is 11.6 Å². The highest BCUT2D eigenvalue weighted by Gasteiger charge is 2.26. The first-order valence-electron chi connectivity index (χ1n) is 7.78. The third-order valence-corrected chi connectivity index (χ3v) is 5.19. The Hall–Kier alpha value is -1.11. The summed E-state index contributed by atoms with van der Waals surface area (Å²) in [5.41, 5.74) is 1.26. The normalized spacial score (nSPS) is 19.7. The van der Waals surface area contributed by atoms with Gasteiger partial charge in [0.25, 0.3) is 0 Å². The van der Waals surface area contributed by atoms with Gasteiger partial charge in [0.15, 0.2) is 10.8 Å². The van der Waals surface area contributed by atoms with Crippen LogP contribution in [-0.4, -0.2) is 54.1 Å². The molecule has 2 aromatic heterocycles. The Morgan fingerprint density at radius 3 is 3.14 bits per heavy atom. The molecule has 1 aliphatic heterocycles. The molecule has 1 saturated heterocycles. The van der Waals surface area contributed by atoms with Crippen LogP contribution in [0.1, 0.15) is 25.5 Å². The lowest BCUT2D eigenvalue weighted by atomic mass is 10.2. The summed E-state index contributed by atoms with van der Waals surface area (Å²) in [7, 11) is 4.17. The van der Waals surface area contributed by atoms with Crippen molar-refractivity contribution >= 4 is 22.1 Å². The Kier molecular flexibility index (Phi) is 4.47. The van der Waals surface area contributed by atoms with Crippen LogP contribution in [0.25, 0.3) is 4.96 Å². The minimum atomic E-state index is 0.669. The van der Waals surface area contributed by atoms with Gasteiger partial charge < -0.3 is 10.2 Å². The van der Waals surface area contributed by atoms with Crippen molar-refractivity contribution in [2.75, 3.05) is 38.6 Å². The molecule has 0 radical (unpaired) electrons. The largest absolute Gasteiger partial charge is 0.357 e. The summed E-state index contributed by atoms with van der Waals surface area (Å²) in [5, 5.41) is 5.37. The summed E-state index contributed by atoms with van der Waals surface area (Å²) >= 11 is 1.70. The summed E-state index contributed by atoms with van der Waals surface area (Å²) < 4.78 is 2.21. The van der Waals surface area contributed by atoms with Gasteiger partial charge in [-0.15, -0.1) is 11.3 Å². The van der Waals surface area contributed by atoms with Crippen LogP contribution in [0.3, 0.4) is 0 Å². The lowest BCUT2D eigenvalue weighted by Crippen LogP contribution is -2.39. The number of imidazole rings is 1. The number of aromatic nitrogens is 2. The third kappa shape index (κ3) is 2.80. The number of hydrogen-bond donors (Lipinski definition) is 1. The van der Waals surface area contributed by atoms with E-state index in [0.717, 1.165) is 30.4 Å². The second-order valence-electron chi connectivity index (χ2n) is 5.77. The number of likely N-dealkylation sites (N-methyl/N-ethyl adjacent to an activating group) is 2. The highest BCUT2D eigenvalue weighted by molar-refractivity contribution is 7.15. The van der Waals surface area contributed by atoms with E-state index in [1.807, 2.05) is 7.05 Å². The van der Waals surface area contributed by atoms with Gasteiger partial charge in [-0.2, -0.15) is 0 Å². The second kappa shape index (κ2) is 6.34. The summed E-state index contributed by atoms with van der Waals surface area (Å²) in [6.07, 6.45) is 4.75.